The Hall–Kier alpha value is -2.61. The molecule has 0 atom stereocenters. The van der Waals surface area contributed by atoms with Crippen molar-refractivity contribution in [1.29, 1.82) is 5.26 Å². The van der Waals surface area contributed by atoms with Crippen LogP contribution in [0.25, 0.3) is 0 Å². The number of rotatable bonds is 3. The number of nitriles is 1. The first-order valence-corrected chi connectivity index (χ1v) is 6.01. The molecule has 96 valence electrons. The Balaban J connectivity index is 2.40. The fourth-order valence-electron chi connectivity index (χ4n) is 1.75. The summed E-state index contributed by atoms with van der Waals surface area (Å²) in [4.78, 5) is 10.5. The van der Waals surface area contributed by atoms with Crippen molar-refractivity contribution >= 4 is 17.3 Å². The number of nitrogens with zero attached hydrogens (tertiary/aromatic N) is 4. The molecule has 5 heteroatoms. The molecule has 0 radical (unpaired) electrons. The maximum absolute atomic E-state index is 8.93. The van der Waals surface area contributed by atoms with Crippen molar-refractivity contribution in [2.75, 3.05) is 17.7 Å². The maximum Gasteiger partial charge on any atom is 0.138 e. The Morgan fingerprint density at radius 2 is 2.11 bits per heavy atom. The van der Waals surface area contributed by atoms with E-state index in [9.17, 15) is 0 Å². The quantitative estimate of drug-likeness (QED) is 0.907. The van der Waals surface area contributed by atoms with E-state index in [2.05, 4.69) is 16.0 Å². The van der Waals surface area contributed by atoms with Crippen LogP contribution in [0, 0.1) is 11.3 Å². The highest BCUT2D eigenvalue weighted by Crippen LogP contribution is 2.23. The van der Waals surface area contributed by atoms with Crippen molar-refractivity contribution in [2.45, 2.75) is 13.3 Å². The number of nitrogens with two attached hydrogens (primary N) is 1. The molecular formula is C14H15N5. The molecule has 0 saturated carbocycles. The molecular weight excluding hydrogens is 238 g/mol. The summed E-state index contributed by atoms with van der Waals surface area (Å²) in [7, 11) is 1.89. The standard InChI is InChI=1S/C14H15N5/c1-3-13-17-12(16)8-14(18-13)19(2)11-6-4-5-10(7-11)9-15/h4-8H,3H2,1-2H3,(H2,16,17,18). The molecule has 0 bridgehead atoms. The summed E-state index contributed by atoms with van der Waals surface area (Å²) >= 11 is 0. The van der Waals surface area contributed by atoms with Crippen LogP contribution < -0.4 is 10.6 Å². The molecule has 0 unspecified atom stereocenters. The van der Waals surface area contributed by atoms with Crippen molar-refractivity contribution < 1.29 is 0 Å². The van der Waals surface area contributed by atoms with E-state index in [1.165, 1.54) is 0 Å². The summed E-state index contributed by atoms with van der Waals surface area (Å²) in [5, 5.41) is 8.93. The van der Waals surface area contributed by atoms with Gasteiger partial charge in [0.2, 0.25) is 0 Å². The van der Waals surface area contributed by atoms with Gasteiger partial charge in [-0.15, -0.1) is 0 Å². The minimum atomic E-state index is 0.449. The van der Waals surface area contributed by atoms with Crippen molar-refractivity contribution in [3.63, 3.8) is 0 Å². The first-order valence-electron chi connectivity index (χ1n) is 6.01. The predicted molar refractivity (Wildman–Crippen MR) is 75.0 cm³/mol. The van der Waals surface area contributed by atoms with Gasteiger partial charge in [-0.05, 0) is 18.2 Å². The Morgan fingerprint density at radius 3 is 2.79 bits per heavy atom. The number of aryl methyl sites for hydroxylation is 1. The highest BCUT2D eigenvalue weighted by Gasteiger charge is 2.09. The molecule has 0 aliphatic carbocycles. The smallest absolute Gasteiger partial charge is 0.138 e. The Morgan fingerprint density at radius 1 is 1.32 bits per heavy atom. The molecule has 5 nitrogen and oxygen atoms in total. The van der Waals surface area contributed by atoms with Gasteiger partial charge in [-0.25, -0.2) is 9.97 Å². The minimum Gasteiger partial charge on any atom is -0.384 e. The van der Waals surface area contributed by atoms with Crippen molar-refractivity contribution in [2.24, 2.45) is 0 Å². The molecule has 0 spiro atoms. The van der Waals surface area contributed by atoms with Gasteiger partial charge in [0.15, 0.2) is 0 Å². The number of hydrogen-bond donors (Lipinski definition) is 1. The van der Waals surface area contributed by atoms with E-state index in [0.29, 0.717) is 17.2 Å². The van der Waals surface area contributed by atoms with Crippen molar-refractivity contribution in [1.82, 2.24) is 9.97 Å². The summed E-state index contributed by atoms with van der Waals surface area (Å²) in [5.74, 6) is 1.88. The molecule has 2 rings (SSSR count). The van der Waals surface area contributed by atoms with E-state index in [4.69, 9.17) is 11.0 Å². The van der Waals surface area contributed by atoms with Crippen LogP contribution in [0.3, 0.4) is 0 Å². The molecule has 1 aromatic carbocycles. The number of nitrogen functional groups attached to an aromatic ring is 1. The van der Waals surface area contributed by atoms with Crippen LogP contribution in [0.1, 0.15) is 18.3 Å². The molecule has 0 aliphatic rings. The molecule has 2 N–H and O–H groups in total. The first-order chi connectivity index (χ1) is 9.13. The largest absolute Gasteiger partial charge is 0.384 e. The summed E-state index contributed by atoms with van der Waals surface area (Å²) < 4.78 is 0. The van der Waals surface area contributed by atoms with Gasteiger partial charge >= 0.3 is 0 Å². The van der Waals surface area contributed by atoms with Crippen LogP contribution in [0.15, 0.2) is 30.3 Å². The number of benzene rings is 1. The van der Waals surface area contributed by atoms with Gasteiger partial charge in [0, 0.05) is 25.2 Å². The third-order valence-corrected chi connectivity index (χ3v) is 2.80. The Bertz CT molecular complexity index is 630. The average Bonchev–Trinajstić information content (AvgIpc) is 2.45. The van der Waals surface area contributed by atoms with E-state index >= 15 is 0 Å². The van der Waals surface area contributed by atoms with Gasteiger partial charge in [-0.2, -0.15) is 5.26 Å². The van der Waals surface area contributed by atoms with Crippen LogP contribution in [0.5, 0.6) is 0 Å². The van der Waals surface area contributed by atoms with E-state index in [1.807, 2.05) is 37.1 Å². The van der Waals surface area contributed by atoms with E-state index in [-0.39, 0.29) is 0 Å². The number of hydrogen-bond acceptors (Lipinski definition) is 5. The number of anilines is 3. The lowest BCUT2D eigenvalue weighted by molar-refractivity contribution is 0.931. The maximum atomic E-state index is 8.93. The lowest BCUT2D eigenvalue weighted by atomic mass is 10.2. The monoisotopic (exact) mass is 253 g/mol. The van der Waals surface area contributed by atoms with Crippen molar-refractivity contribution in [3.05, 3.63) is 41.7 Å². The van der Waals surface area contributed by atoms with Crippen LogP contribution >= 0.6 is 0 Å². The van der Waals surface area contributed by atoms with Crippen LogP contribution in [0.2, 0.25) is 0 Å². The number of aromatic nitrogens is 2. The molecule has 1 aromatic heterocycles. The van der Waals surface area contributed by atoms with Crippen LogP contribution in [-0.4, -0.2) is 17.0 Å². The summed E-state index contributed by atoms with van der Waals surface area (Å²) in [6, 6.07) is 11.2. The summed E-state index contributed by atoms with van der Waals surface area (Å²) in [6.07, 6.45) is 0.726. The van der Waals surface area contributed by atoms with Gasteiger partial charge in [-0.3, -0.25) is 0 Å². The third-order valence-electron chi connectivity index (χ3n) is 2.80. The normalized spacial score (nSPS) is 9.95. The zero-order valence-corrected chi connectivity index (χ0v) is 11.0. The van der Waals surface area contributed by atoms with Crippen LogP contribution in [0.4, 0.5) is 17.3 Å². The fourth-order valence-corrected chi connectivity index (χ4v) is 1.75. The van der Waals surface area contributed by atoms with Crippen LogP contribution in [-0.2, 0) is 6.42 Å². The second-order valence-electron chi connectivity index (χ2n) is 4.14. The van der Waals surface area contributed by atoms with Gasteiger partial charge in [0.05, 0.1) is 11.6 Å². The van der Waals surface area contributed by atoms with Gasteiger partial charge in [0.1, 0.15) is 17.5 Å². The van der Waals surface area contributed by atoms with E-state index in [0.717, 1.165) is 17.9 Å². The van der Waals surface area contributed by atoms with E-state index in [1.54, 1.807) is 12.1 Å². The molecule has 0 saturated heterocycles. The zero-order valence-electron chi connectivity index (χ0n) is 11.0. The first kappa shape index (κ1) is 12.8. The van der Waals surface area contributed by atoms with Gasteiger partial charge in [0.25, 0.3) is 0 Å². The average molecular weight is 253 g/mol. The highest BCUT2D eigenvalue weighted by molar-refractivity contribution is 5.62. The topological polar surface area (TPSA) is 78.8 Å². The second-order valence-corrected chi connectivity index (χ2v) is 4.14. The van der Waals surface area contributed by atoms with Crippen molar-refractivity contribution in [3.8, 4) is 6.07 Å². The SMILES string of the molecule is CCc1nc(N)cc(N(C)c2cccc(C#N)c2)n1. The summed E-state index contributed by atoms with van der Waals surface area (Å²) in [6.45, 7) is 1.98. The molecule has 0 amide bonds. The molecule has 0 aliphatic heterocycles. The second kappa shape index (κ2) is 5.36. The van der Waals surface area contributed by atoms with Gasteiger partial charge in [-0.1, -0.05) is 13.0 Å². The third kappa shape index (κ3) is 2.80. The molecule has 2 aromatic rings. The highest BCUT2D eigenvalue weighted by atomic mass is 15.2. The lowest BCUT2D eigenvalue weighted by Crippen LogP contribution is -2.13. The summed E-state index contributed by atoms with van der Waals surface area (Å²) in [5.41, 5.74) is 7.28. The molecule has 19 heavy (non-hydrogen) atoms. The predicted octanol–water partition coefficient (Wildman–Crippen LogP) is 2.26. The zero-order chi connectivity index (χ0) is 13.8. The van der Waals surface area contributed by atoms with Gasteiger partial charge < -0.3 is 10.6 Å². The fraction of sp³-hybridized carbons (Fsp3) is 0.214. The Kier molecular flexibility index (Phi) is 3.62. The Labute approximate surface area is 112 Å². The minimum absolute atomic E-state index is 0.449. The van der Waals surface area contributed by atoms with E-state index < -0.39 is 0 Å². The molecule has 1 heterocycles. The lowest BCUT2D eigenvalue weighted by Gasteiger charge is -2.19. The molecule has 0 fully saturated rings.